The Kier molecular flexibility index (Phi) is 3.16. The van der Waals surface area contributed by atoms with E-state index < -0.39 is 30.4 Å². The van der Waals surface area contributed by atoms with Gasteiger partial charge in [0.25, 0.3) is 6.43 Å². The highest BCUT2D eigenvalue weighted by atomic mass is 19.3. The lowest BCUT2D eigenvalue weighted by molar-refractivity contribution is -0.144. The van der Waals surface area contributed by atoms with E-state index in [-0.39, 0.29) is 12.3 Å². The SMILES string of the molecule is O=C1CC2(CCCC2)C(=O)N1CC(O)C(F)F. The molecule has 4 nitrogen and oxygen atoms in total. The first-order chi connectivity index (χ1) is 7.96. The molecule has 2 fully saturated rings. The van der Waals surface area contributed by atoms with E-state index in [1.165, 1.54) is 0 Å². The molecule has 1 heterocycles. The Labute approximate surface area is 97.6 Å². The number of amides is 2. The van der Waals surface area contributed by atoms with Gasteiger partial charge in [-0.1, -0.05) is 12.8 Å². The molecule has 0 bridgehead atoms. The predicted octanol–water partition coefficient (Wildman–Crippen LogP) is 0.932. The number of rotatable bonds is 3. The van der Waals surface area contributed by atoms with E-state index >= 15 is 0 Å². The number of nitrogens with zero attached hydrogens (tertiary/aromatic N) is 1. The molecule has 0 aromatic rings. The highest BCUT2D eigenvalue weighted by Crippen LogP contribution is 2.46. The van der Waals surface area contributed by atoms with E-state index in [1.807, 2.05) is 0 Å². The number of hydrogen-bond donors (Lipinski definition) is 1. The molecule has 1 aliphatic carbocycles. The number of hydrogen-bond acceptors (Lipinski definition) is 3. The monoisotopic (exact) mass is 247 g/mol. The van der Waals surface area contributed by atoms with Crippen molar-refractivity contribution in [3.05, 3.63) is 0 Å². The zero-order valence-corrected chi connectivity index (χ0v) is 9.36. The Morgan fingerprint density at radius 1 is 1.29 bits per heavy atom. The van der Waals surface area contributed by atoms with Gasteiger partial charge in [0, 0.05) is 6.42 Å². The maximum absolute atomic E-state index is 12.2. The van der Waals surface area contributed by atoms with Gasteiger partial charge in [0.15, 0.2) is 0 Å². The quantitative estimate of drug-likeness (QED) is 0.755. The Hall–Kier alpha value is -1.04. The van der Waals surface area contributed by atoms with E-state index in [2.05, 4.69) is 0 Å². The van der Waals surface area contributed by atoms with Gasteiger partial charge in [0.1, 0.15) is 6.10 Å². The molecule has 1 atom stereocenters. The summed E-state index contributed by atoms with van der Waals surface area (Å²) in [5.74, 6) is -0.809. The second-order valence-electron chi connectivity index (χ2n) is 4.88. The van der Waals surface area contributed by atoms with Crippen LogP contribution >= 0.6 is 0 Å². The largest absolute Gasteiger partial charge is 0.385 e. The molecule has 1 saturated carbocycles. The Bertz CT molecular complexity index is 340. The van der Waals surface area contributed by atoms with Crippen LogP contribution in [0.15, 0.2) is 0 Å². The summed E-state index contributed by atoms with van der Waals surface area (Å²) < 4.78 is 24.4. The summed E-state index contributed by atoms with van der Waals surface area (Å²) in [6.45, 7) is -0.586. The summed E-state index contributed by atoms with van der Waals surface area (Å²) in [6, 6.07) is 0. The third kappa shape index (κ3) is 2.06. The zero-order valence-electron chi connectivity index (χ0n) is 9.36. The number of imide groups is 1. The van der Waals surface area contributed by atoms with Gasteiger partial charge < -0.3 is 5.11 Å². The van der Waals surface area contributed by atoms with Gasteiger partial charge in [-0.25, -0.2) is 8.78 Å². The molecule has 1 spiro atoms. The molecule has 2 aliphatic rings. The molecule has 96 valence electrons. The molecule has 2 amide bonds. The van der Waals surface area contributed by atoms with Crippen LogP contribution in [0.3, 0.4) is 0 Å². The van der Waals surface area contributed by atoms with E-state index in [1.54, 1.807) is 0 Å². The minimum atomic E-state index is -2.93. The lowest BCUT2D eigenvalue weighted by Crippen LogP contribution is -2.41. The first kappa shape index (κ1) is 12.4. The molecule has 1 N–H and O–H groups in total. The van der Waals surface area contributed by atoms with E-state index in [0.29, 0.717) is 12.8 Å². The third-order valence-electron chi connectivity index (χ3n) is 3.71. The van der Waals surface area contributed by atoms with Crippen LogP contribution < -0.4 is 0 Å². The van der Waals surface area contributed by atoms with Crippen molar-refractivity contribution < 1.29 is 23.5 Å². The van der Waals surface area contributed by atoms with Gasteiger partial charge in [-0.3, -0.25) is 14.5 Å². The Morgan fingerprint density at radius 3 is 2.41 bits per heavy atom. The third-order valence-corrected chi connectivity index (χ3v) is 3.71. The van der Waals surface area contributed by atoms with Gasteiger partial charge in [-0.05, 0) is 12.8 Å². The van der Waals surface area contributed by atoms with E-state index in [4.69, 9.17) is 5.11 Å². The number of alkyl halides is 2. The van der Waals surface area contributed by atoms with Crippen LogP contribution in [-0.2, 0) is 9.59 Å². The molecular weight excluding hydrogens is 232 g/mol. The summed E-state index contributed by atoms with van der Waals surface area (Å²) in [7, 11) is 0. The van der Waals surface area contributed by atoms with Crippen LogP contribution in [0.2, 0.25) is 0 Å². The van der Waals surface area contributed by atoms with Crippen molar-refractivity contribution in [1.82, 2.24) is 4.90 Å². The van der Waals surface area contributed by atoms with Crippen LogP contribution in [0, 0.1) is 5.41 Å². The molecule has 1 aliphatic heterocycles. The number of likely N-dealkylation sites (tertiary alicyclic amines) is 1. The van der Waals surface area contributed by atoms with Crippen LogP contribution in [0.25, 0.3) is 0 Å². The Balaban J connectivity index is 2.09. The second kappa shape index (κ2) is 4.33. The highest BCUT2D eigenvalue weighted by Gasteiger charge is 2.53. The fourth-order valence-corrected chi connectivity index (χ4v) is 2.75. The Morgan fingerprint density at radius 2 is 1.88 bits per heavy atom. The van der Waals surface area contributed by atoms with Crippen molar-refractivity contribution >= 4 is 11.8 Å². The van der Waals surface area contributed by atoms with Crippen LogP contribution in [-0.4, -0.2) is 40.9 Å². The number of carbonyl (C=O) groups excluding carboxylic acids is 2. The van der Waals surface area contributed by atoms with Crippen LogP contribution in [0.4, 0.5) is 8.78 Å². The minimum Gasteiger partial charge on any atom is -0.385 e. The molecule has 0 aromatic heterocycles. The summed E-state index contributed by atoms with van der Waals surface area (Å²) in [4.78, 5) is 24.5. The number of aliphatic hydroxyl groups excluding tert-OH is 1. The van der Waals surface area contributed by atoms with Crippen molar-refractivity contribution in [3.8, 4) is 0 Å². The maximum atomic E-state index is 12.2. The van der Waals surface area contributed by atoms with Crippen molar-refractivity contribution in [2.24, 2.45) is 5.41 Å². The van der Waals surface area contributed by atoms with Gasteiger partial charge in [0.2, 0.25) is 11.8 Å². The topological polar surface area (TPSA) is 57.6 Å². The average Bonchev–Trinajstić information content (AvgIpc) is 2.81. The van der Waals surface area contributed by atoms with E-state index in [9.17, 15) is 18.4 Å². The number of carbonyl (C=O) groups is 2. The number of aliphatic hydroxyl groups is 1. The highest BCUT2D eigenvalue weighted by molar-refractivity contribution is 6.06. The molecule has 17 heavy (non-hydrogen) atoms. The van der Waals surface area contributed by atoms with Gasteiger partial charge in [-0.2, -0.15) is 0 Å². The second-order valence-corrected chi connectivity index (χ2v) is 4.88. The van der Waals surface area contributed by atoms with E-state index in [0.717, 1.165) is 17.7 Å². The molecular formula is C11H15F2NO3. The number of β-amino-alcohol motifs (C(OH)–C–C–N with tert-alkyl or cyclic N) is 1. The molecule has 6 heteroatoms. The average molecular weight is 247 g/mol. The lowest BCUT2D eigenvalue weighted by atomic mass is 9.84. The van der Waals surface area contributed by atoms with Crippen molar-refractivity contribution in [1.29, 1.82) is 0 Å². The molecule has 0 aromatic carbocycles. The summed E-state index contributed by atoms with van der Waals surface area (Å²) in [6.07, 6.45) is -1.68. The fraction of sp³-hybridized carbons (Fsp3) is 0.818. The van der Waals surface area contributed by atoms with Crippen LogP contribution in [0.5, 0.6) is 0 Å². The van der Waals surface area contributed by atoms with Gasteiger partial charge >= 0.3 is 0 Å². The predicted molar refractivity (Wildman–Crippen MR) is 54.2 cm³/mol. The summed E-state index contributed by atoms with van der Waals surface area (Å²) >= 11 is 0. The van der Waals surface area contributed by atoms with Crippen molar-refractivity contribution in [3.63, 3.8) is 0 Å². The summed E-state index contributed by atoms with van der Waals surface area (Å²) in [5, 5.41) is 9.06. The molecule has 1 unspecified atom stereocenters. The first-order valence-corrected chi connectivity index (χ1v) is 5.77. The molecule has 2 rings (SSSR count). The van der Waals surface area contributed by atoms with Gasteiger partial charge in [-0.15, -0.1) is 0 Å². The smallest absolute Gasteiger partial charge is 0.265 e. The first-order valence-electron chi connectivity index (χ1n) is 5.77. The lowest BCUT2D eigenvalue weighted by Gasteiger charge is -2.22. The van der Waals surface area contributed by atoms with Crippen molar-refractivity contribution in [2.75, 3.05) is 6.54 Å². The molecule has 0 radical (unpaired) electrons. The zero-order chi connectivity index (χ0) is 12.6. The van der Waals surface area contributed by atoms with Crippen LogP contribution in [0.1, 0.15) is 32.1 Å². The maximum Gasteiger partial charge on any atom is 0.265 e. The standard InChI is InChI=1S/C11H15F2NO3/c12-9(13)7(15)6-14-8(16)5-11(10(14)17)3-1-2-4-11/h7,9,15H,1-6H2. The fourth-order valence-electron chi connectivity index (χ4n) is 2.75. The van der Waals surface area contributed by atoms with Gasteiger partial charge in [0.05, 0.1) is 12.0 Å². The normalized spacial score (nSPS) is 25.3. The summed E-state index contributed by atoms with van der Waals surface area (Å²) in [5.41, 5.74) is -0.654. The van der Waals surface area contributed by atoms with Crippen molar-refractivity contribution in [2.45, 2.75) is 44.6 Å². The molecule has 1 saturated heterocycles. The number of halogens is 2. The minimum absolute atomic E-state index is 0.113.